The number of ketones is 1. The van der Waals surface area contributed by atoms with Gasteiger partial charge in [-0.05, 0) is 17.5 Å². The predicted octanol–water partition coefficient (Wildman–Crippen LogP) is 2.59. The number of carbonyl (C=O) groups is 1. The third kappa shape index (κ3) is 4.94. The van der Waals surface area contributed by atoms with Crippen molar-refractivity contribution < 1.29 is 4.79 Å². The molecule has 3 nitrogen and oxygen atoms in total. The molecule has 21 heavy (non-hydrogen) atoms. The van der Waals surface area contributed by atoms with Crippen molar-refractivity contribution in [3.05, 3.63) is 35.4 Å². The Balaban J connectivity index is 1.77. The molecule has 1 fully saturated rings. The van der Waals surface area contributed by atoms with Gasteiger partial charge < -0.3 is 0 Å². The minimum absolute atomic E-state index is 0.153. The summed E-state index contributed by atoms with van der Waals surface area (Å²) in [5, 5.41) is 0. The highest BCUT2D eigenvalue weighted by atomic mass is 16.1. The van der Waals surface area contributed by atoms with Gasteiger partial charge in [0.1, 0.15) is 5.78 Å². The maximum absolute atomic E-state index is 11.8. The van der Waals surface area contributed by atoms with E-state index >= 15 is 0 Å². The maximum atomic E-state index is 11.8. The zero-order valence-electron chi connectivity index (χ0n) is 13.6. The largest absolute Gasteiger partial charge is 0.298 e. The first-order valence-corrected chi connectivity index (χ1v) is 8.13. The SMILES string of the molecule is CCc1ccc(CN2CCN(CC(=O)C(C)C)CC2)cc1. The van der Waals surface area contributed by atoms with Crippen LogP contribution in [0.4, 0.5) is 0 Å². The number of benzene rings is 1. The van der Waals surface area contributed by atoms with Crippen molar-refractivity contribution in [1.29, 1.82) is 0 Å². The summed E-state index contributed by atoms with van der Waals surface area (Å²) in [6.07, 6.45) is 1.10. The molecule has 116 valence electrons. The minimum Gasteiger partial charge on any atom is -0.298 e. The van der Waals surface area contributed by atoms with E-state index in [4.69, 9.17) is 0 Å². The van der Waals surface area contributed by atoms with Gasteiger partial charge in [-0.3, -0.25) is 14.6 Å². The number of hydrogen-bond acceptors (Lipinski definition) is 3. The monoisotopic (exact) mass is 288 g/mol. The highest BCUT2D eigenvalue weighted by Gasteiger charge is 2.19. The third-order valence-electron chi connectivity index (χ3n) is 4.33. The molecular weight excluding hydrogens is 260 g/mol. The third-order valence-corrected chi connectivity index (χ3v) is 4.33. The number of Topliss-reactive ketones (excluding diaryl/α,β-unsaturated/α-hetero) is 1. The van der Waals surface area contributed by atoms with Crippen molar-refractivity contribution in [3.63, 3.8) is 0 Å². The summed E-state index contributed by atoms with van der Waals surface area (Å²) >= 11 is 0. The van der Waals surface area contributed by atoms with E-state index in [2.05, 4.69) is 41.0 Å². The molecule has 1 saturated heterocycles. The predicted molar refractivity (Wildman–Crippen MR) is 87.4 cm³/mol. The number of rotatable bonds is 6. The van der Waals surface area contributed by atoms with Crippen LogP contribution in [0.5, 0.6) is 0 Å². The number of piperazine rings is 1. The Hall–Kier alpha value is -1.19. The van der Waals surface area contributed by atoms with Crippen LogP contribution in [-0.2, 0) is 17.8 Å². The van der Waals surface area contributed by atoms with Crippen molar-refractivity contribution >= 4 is 5.78 Å². The lowest BCUT2D eigenvalue weighted by molar-refractivity contribution is -0.123. The number of hydrogen-bond donors (Lipinski definition) is 0. The van der Waals surface area contributed by atoms with Gasteiger partial charge in [0.05, 0.1) is 6.54 Å². The Morgan fingerprint density at radius 1 is 1.00 bits per heavy atom. The summed E-state index contributed by atoms with van der Waals surface area (Å²) in [6.45, 7) is 11.9. The van der Waals surface area contributed by atoms with Crippen LogP contribution in [0.1, 0.15) is 31.9 Å². The molecule has 1 aliphatic heterocycles. The topological polar surface area (TPSA) is 23.6 Å². The smallest absolute Gasteiger partial charge is 0.149 e. The summed E-state index contributed by atoms with van der Waals surface area (Å²) in [6, 6.07) is 8.95. The number of aryl methyl sites for hydroxylation is 1. The Morgan fingerprint density at radius 3 is 2.05 bits per heavy atom. The van der Waals surface area contributed by atoms with Crippen LogP contribution in [-0.4, -0.2) is 48.3 Å². The molecule has 0 aliphatic carbocycles. The molecule has 0 spiro atoms. The van der Waals surface area contributed by atoms with Gasteiger partial charge in [-0.2, -0.15) is 0 Å². The van der Waals surface area contributed by atoms with Gasteiger partial charge in [0.2, 0.25) is 0 Å². The fourth-order valence-electron chi connectivity index (χ4n) is 2.65. The molecule has 0 aromatic heterocycles. The highest BCUT2D eigenvalue weighted by Crippen LogP contribution is 2.11. The van der Waals surface area contributed by atoms with Gasteiger partial charge >= 0.3 is 0 Å². The quantitative estimate of drug-likeness (QED) is 0.804. The second-order valence-electron chi connectivity index (χ2n) is 6.34. The molecule has 0 atom stereocenters. The Morgan fingerprint density at radius 2 is 1.52 bits per heavy atom. The summed E-state index contributed by atoms with van der Waals surface area (Å²) in [5.41, 5.74) is 2.79. The van der Waals surface area contributed by atoms with Crippen molar-refractivity contribution in [3.8, 4) is 0 Å². The Labute approximate surface area is 128 Å². The maximum Gasteiger partial charge on any atom is 0.149 e. The summed E-state index contributed by atoms with van der Waals surface area (Å²) in [4.78, 5) is 16.6. The zero-order chi connectivity index (χ0) is 15.2. The first-order chi connectivity index (χ1) is 10.1. The second kappa shape index (κ2) is 7.71. The fraction of sp³-hybridized carbons (Fsp3) is 0.611. The molecule has 2 rings (SSSR count). The first-order valence-electron chi connectivity index (χ1n) is 8.13. The molecule has 0 bridgehead atoms. The first kappa shape index (κ1) is 16.2. The number of carbonyl (C=O) groups excluding carboxylic acids is 1. The minimum atomic E-state index is 0.153. The van der Waals surface area contributed by atoms with Crippen LogP contribution in [0.25, 0.3) is 0 Å². The molecule has 0 unspecified atom stereocenters. The molecule has 1 heterocycles. The van der Waals surface area contributed by atoms with Crippen LogP contribution < -0.4 is 0 Å². The van der Waals surface area contributed by atoms with Crippen molar-refractivity contribution in [1.82, 2.24) is 9.80 Å². The van der Waals surface area contributed by atoms with Gasteiger partial charge in [0.15, 0.2) is 0 Å². The molecule has 1 aliphatic rings. The van der Waals surface area contributed by atoms with Gasteiger partial charge in [-0.1, -0.05) is 45.0 Å². The normalized spacial score (nSPS) is 17.3. The number of nitrogens with zero attached hydrogens (tertiary/aromatic N) is 2. The van der Waals surface area contributed by atoms with E-state index < -0.39 is 0 Å². The summed E-state index contributed by atoms with van der Waals surface area (Å²) in [5.74, 6) is 0.513. The van der Waals surface area contributed by atoms with E-state index in [1.165, 1.54) is 11.1 Å². The molecule has 3 heteroatoms. The van der Waals surface area contributed by atoms with E-state index in [9.17, 15) is 4.79 Å². The van der Waals surface area contributed by atoms with E-state index in [0.29, 0.717) is 12.3 Å². The van der Waals surface area contributed by atoms with Crippen LogP contribution >= 0.6 is 0 Å². The van der Waals surface area contributed by atoms with Gasteiger partial charge in [0, 0.05) is 38.6 Å². The molecule has 1 aromatic carbocycles. The average molecular weight is 288 g/mol. The van der Waals surface area contributed by atoms with Gasteiger partial charge in [-0.25, -0.2) is 0 Å². The molecule has 0 saturated carbocycles. The van der Waals surface area contributed by atoms with Crippen LogP contribution in [0.3, 0.4) is 0 Å². The molecule has 0 radical (unpaired) electrons. The summed E-state index contributed by atoms with van der Waals surface area (Å²) < 4.78 is 0. The second-order valence-corrected chi connectivity index (χ2v) is 6.34. The zero-order valence-corrected chi connectivity index (χ0v) is 13.6. The Kier molecular flexibility index (Phi) is 5.95. The Bertz CT molecular complexity index is 445. The summed E-state index contributed by atoms with van der Waals surface area (Å²) in [7, 11) is 0. The lowest BCUT2D eigenvalue weighted by Gasteiger charge is -2.34. The van der Waals surface area contributed by atoms with E-state index in [0.717, 1.165) is 39.1 Å². The fourth-order valence-corrected chi connectivity index (χ4v) is 2.65. The van der Waals surface area contributed by atoms with Gasteiger partial charge in [-0.15, -0.1) is 0 Å². The average Bonchev–Trinajstić information content (AvgIpc) is 2.50. The van der Waals surface area contributed by atoms with Crippen molar-refractivity contribution in [2.75, 3.05) is 32.7 Å². The lowest BCUT2D eigenvalue weighted by atomic mass is 10.1. The molecule has 0 N–H and O–H groups in total. The lowest BCUT2D eigenvalue weighted by Crippen LogP contribution is -2.47. The van der Waals surface area contributed by atoms with Crippen molar-refractivity contribution in [2.24, 2.45) is 5.92 Å². The van der Waals surface area contributed by atoms with E-state index in [1.54, 1.807) is 0 Å². The van der Waals surface area contributed by atoms with Gasteiger partial charge in [0.25, 0.3) is 0 Å². The van der Waals surface area contributed by atoms with Crippen LogP contribution in [0, 0.1) is 5.92 Å². The molecule has 0 amide bonds. The molecular formula is C18H28N2O. The van der Waals surface area contributed by atoms with Crippen LogP contribution in [0.2, 0.25) is 0 Å². The standard InChI is InChI=1S/C18H28N2O/c1-4-16-5-7-17(8-6-16)13-19-9-11-20(12-10-19)14-18(21)15(2)3/h5-8,15H,4,9-14H2,1-3H3. The van der Waals surface area contributed by atoms with Crippen molar-refractivity contribution in [2.45, 2.75) is 33.7 Å². The van der Waals surface area contributed by atoms with E-state index in [1.807, 2.05) is 13.8 Å². The highest BCUT2D eigenvalue weighted by molar-refractivity contribution is 5.82. The van der Waals surface area contributed by atoms with Crippen LogP contribution in [0.15, 0.2) is 24.3 Å². The molecule has 1 aromatic rings. The van der Waals surface area contributed by atoms with E-state index in [-0.39, 0.29) is 5.92 Å².